The number of hydrogen-bond acceptors (Lipinski definition) is 7. The molecule has 0 radical (unpaired) electrons. The lowest BCUT2D eigenvalue weighted by Gasteiger charge is -2.09. The van der Waals surface area contributed by atoms with Gasteiger partial charge >= 0.3 is 0 Å². The topological polar surface area (TPSA) is 64.7 Å². The van der Waals surface area contributed by atoms with Crippen molar-refractivity contribution in [2.45, 2.75) is 0 Å². The normalized spacial score (nSPS) is 11.8. The summed E-state index contributed by atoms with van der Waals surface area (Å²) in [7, 11) is 0. The van der Waals surface area contributed by atoms with Crippen LogP contribution in [-0.2, 0) is 0 Å². The van der Waals surface area contributed by atoms with Crippen molar-refractivity contribution in [3.8, 4) is 55.9 Å². The van der Waals surface area contributed by atoms with Crippen LogP contribution >= 0.6 is 22.7 Å². The van der Waals surface area contributed by atoms with Gasteiger partial charge in [-0.3, -0.25) is 0 Å². The highest BCUT2D eigenvalue weighted by molar-refractivity contribution is 7.26. The van der Waals surface area contributed by atoms with Gasteiger partial charge in [0.15, 0.2) is 17.5 Å². The van der Waals surface area contributed by atoms with Gasteiger partial charge in [-0.25, -0.2) is 19.9 Å². The lowest BCUT2D eigenvalue weighted by Crippen LogP contribution is -2.00. The van der Waals surface area contributed by atoms with Gasteiger partial charge < -0.3 is 4.42 Å². The molecule has 0 fully saturated rings. The second-order valence-electron chi connectivity index (χ2n) is 13.0. The van der Waals surface area contributed by atoms with Crippen LogP contribution in [0.2, 0.25) is 0 Å². The van der Waals surface area contributed by atoms with E-state index in [0.29, 0.717) is 17.5 Å². The van der Waals surface area contributed by atoms with Crippen LogP contribution in [0.15, 0.2) is 162 Å². The molecule has 0 atom stereocenters. The number of nitrogens with zero attached hydrogens (tertiary/aromatic N) is 4. The van der Waals surface area contributed by atoms with E-state index in [0.717, 1.165) is 59.4 Å². The third kappa shape index (κ3) is 5.12. The second-order valence-corrected chi connectivity index (χ2v) is 15.1. The zero-order chi connectivity index (χ0) is 34.9. The van der Waals surface area contributed by atoms with E-state index in [1.165, 1.54) is 31.3 Å². The molecule has 0 spiro atoms. The number of hydrogen-bond donors (Lipinski definition) is 0. The zero-order valence-corrected chi connectivity index (χ0v) is 29.7. The summed E-state index contributed by atoms with van der Waals surface area (Å²) in [5, 5.41) is 5.60. The molecule has 0 aliphatic heterocycles. The van der Waals surface area contributed by atoms with Gasteiger partial charge in [-0.15, -0.1) is 22.7 Å². The summed E-state index contributed by atoms with van der Waals surface area (Å²) in [5.74, 6) is 1.87. The summed E-state index contributed by atoms with van der Waals surface area (Å²) in [5.41, 5.74) is 8.98. The van der Waals surface area contributed by atoms with Crippen molar-refractivity contribution in [3.05, 3.63) is 158 Å². The fourth-order valence-electron chi connectivity index (χ4n) is 7.16. The van der Waals surface area contributed by atoms with Crippen molar-refractivity contribution in [2.75, 3.05) is 0 Å². The summed E-state index contributed by atoms with van der Waals surface area (Å²) < 4.78 is 9.81. The fraction of sp³-hybridized carbons (Fsp3) is 0. The molecule has 11 aromatic rings. The minimum absolute atomic E-state index is 0.603. The molecule has 53 heavy (non-hydrogen) atoms. The molecule has 0 N–H and O–H groups in total. The summed E-state index contributed by atoms with van der Waals surface area (Å²) in [6.45, 7) is 0. The fourth-order valence-corrected chi connectivity index (χ4v) is 9.33. The smallest absolute Gasteiger partial charge is 0.165 e. The average Bonchev–Trinajstić information content (AvgIpc) is 3.94. The van der Waals surface area contributed by atoms with Crippen molar-refractivity contribution in [3.63, 3.8) is 0 Å². The summed E-state index contributed by atoms with van der Waals surface area (Å²) in [6.07, 6.45) is 0. The first-order valence-corrected chi connectivity index (χ1v) is 19.0. The number of benzene rings is 7. The first kappa shape index (κ1) is 30.1. The largest absolute Gasteiger partial charge is 0.456 e. The number of para-hydroxylation sites is 2. The van der Waals surface area contributed by atoms with Crippen LogP contribution in [0.1, 0.15) is 0 Å². The van der Waals surface area contributed by atoms with E-state index in [1.54, 1.807) is 22.7 Å². The van der Waals surface area contributed by atoms with Crippen molar-refractivity contribution in [2.24, 2.45) is 0 Å². The number of thiophene rings is 1. The van der Waals surface area contributed by atoms with Crippen LogP contribution in [0.3, 0.4) is 0 Å². The molecule has 0 amide bonds. The van der Waals surface area contributed by atoms with Crippen LogP contribution in [-0.4, -0.2) is 19.9 Å². The molecule has 7 aromatic carbocycles. The molecule has 248 valence electrons. The maximum absolute atomic E-state index is 6.24. The predicted octanol–water partition coefficient (Wildman–Crippen LogP) is 13.1. The Bertz CT molecular complexity index is 3150. The van der Waals surface area contributed by atoms with Gasteiger partial charge in [-0.05, 0) is 59.7 Å². The molecular formula is C46H26N4OS2. The van der Waals surface area contributed by atoms with Crippen LogP contribution in [0.5, 0.6) is 0 Å². The molecule has 0 saturated carbocycles. The van der Waals surface area contributed by atoms with E-state index in [2.05, 4.69) is 97.1 Å². The monoisotopic (exact) mass is 714 g/mol. The second kappa shape index (κ2) is 12.0. The Morgan fingerprint density at radius 2 is 1.08 bits per heavy atom. The van der Waals surface area contributed by atoms with E-state index in [-0.39, 0.29) is 0 Å². The lowest BCUT2D eigenvalue weighted by molar-refractivity contribution is 0.669. The number of furan rings is 1. The highest BCUT2D eigenvalue weighted by Crippen LogP contribution is 2.42. The number of thiazole rings is 1. The first-order chi connectivity index (χ1) is 26.2. The Balaban J connectivity index is 1.01. The van der Waals surface area contributed by atoms with E-state index in [4.69, 9.17) is 24.4 Å². The van der Waals surface area contributed by atoms with E-state index in [1.807, 2.05) is 60.7 Å². The molecule has 11 rings (SSSR count). The quantitative estimate of drug-likeness (QED) is 0.178. The number of rotatable bonds is 5. The maximum Gasteiger partial charge on any atom is 0.165 e. The summed E-state index contributed by atoms with van der Waals surface area (Å²) in [6, 6.07) is 54.7. The number of fused-ring (bicyclic) bond motifs is 7. The SMILES string of the molecule is c1ccc(-c2nc(-c3ccc4c(c3)oc3ccccc34)nc(-c3cccc4c3sc3ccc(-c5ccc(-c6nc7ccccc7s6)cc5)cc34)n2)cc1. The summed E-state index contributed by atoms with van der Waals surface area (Å²) in [4.78, 5) is 20.1. The van der Waals surface area contributed by atoms with Crippen molar-refractivity contribution in [1.82, 2.24) is 19.9 Å². The minimum Gasteiger partial charge on any atom is -0.456 e. The van der Waals surface area contributed by atoms with Crippen molar-refractivity contribution < 1.29 is 4.42 Å². The van der Waals surface area contributed by atoms with E-state index < -0.39 is 0 Å². The van der Waals surface area contributed by atoms with Gasteiger partial charge in [0.2, 0.25) is 0 Å². The third-order valence-corrected chi connectivity index (χ3v) is 12.1. The molecule has 4 aromatic heterocycles. The summed E-state index contributed by atoms with van der Waals surface area (Å²) >= 11 is 3.50. The minimum atomic E-state index is 0.603. The lowest BCUT2D eigenvalue weighted by atomic mass is 10.0. The molecule has 0 saturated heterocycles. The Morgan fingerprint density at radius 1 is 0.377 bits per heavy atom. The average molecular weight is 715 g/mol. The Kier molecular flexibility index (Phi) is 6.83. The third-order valence-electron chi connectivity index (χ3n) is 9.80. The number of aromatic nitrogens is 4. The molecule has 0 aliphatic rings. The zero-order valence-electron chi connectivity index (χ0n) is 28.0. The molecular weight excluding hydrogens is 689 g/mol. The van der Waals surface area contributed by atoms with Crippen LogP contribution in [0.25, 0.3) is 108 Å². The van der Waals surface area contributed by atoms with Crippen LogP contribution in [0.4, 0.5) is 0 Å². The molecule has 4 heterocycles. The maximum atomic E-state index is 6.24. The van der Waals surface area contributed by atoms with Crippen LogP contribution < -0.4 is 0 Å². The standard InChI is InChI=1S/C46H26N4OS2/c1-2-9-28(10-3-1)43-48-44(31-21-23-33-32-11-4-6-15-38(32)51-39(33)26-31)50-45(49-43)35-13-8-12-34-36-25-30(22-24-40(36)52-42(34)35)27-17-19-29(20-18-27)46-47-37-14-5-7-16-41(37)53-46/h1-26H. The van der Waals surface area contributed by atoms with Crippen LogP contribution in [0, 0.1) is 0 Å². The molecule has 5 nitrogen and oxygen atoms in total. The van der Waals surface area contributed by atoms with Crippen molar-refractivity contribution >= 4 is 75.0 Å². The molecule has 7 heteroatoms. The highest BCUT2D eigenvalue weighted by Gasteiger charge is 2.18. The van der Waals surface area contributed by atoms with Gasteiger partial charge in [0, 0.05) is 53.2 Å². The van der Waals surface area contributed by atoms with Gasteiger partial charge in [0.05, 0.1) is 10.2 Å². The van der Waals surface area contributed by atoms with Crippen molar-refractivity contribution in [1.29, 1.82) is 0 Å². The molecule has 0 aliphatic carbocycles. The molecule has 0 unspecified atom stereocenters. The van der Waals surface area contributed by atoms with E-state index >= 15 is 0 Å². The predicted molar refractivity (Wildman–Crippen MR) is 220 cm³/mol. The van der Waals surface area contributed by atoms with E-state index in [9.17, 15) is 0 Å². The Labute approximate surface area is 311 Å². The van der Waals surface area contributed by atoms with Gasteiger partial charge in [-0.1, -0.05) is 109 Å². The first-order valence-electron chi connectivity index (χ1n) is 17.4. The van der Waals surface area contributed by atoms with Gasteiger partial charge in [0.1, 0.15) is 16.2 Å². The Morgan fingerprint density at radius 3 is 1.96 bits per heavy atom. The van der Waals surface area contributed by atoms with Gasteiger partial charge in [-0.2, -0.15) is 0 Å². The highest BCUT2D eigenvalue weighted by atomic mass is 32.1. The molecule has 0 bridgehead atoms. The Hall–Kier alpha value is -6.54. The van der Waals surface area contributed by atoms with Gasteiger partial charge in [0.25, 0.3) is 0 Å².